The van der Waals surface area contributed by atoms with Gasteiger partial charge in [0.25, 0.3) is 0 Å². The van der Waals surface area contributed by atoms with E-state index in [0.717, 1.165) is 19.0 Å². The lowest BCUT2D eigenvalue weighted by molar-refractivity contribution is -0.138. The second kappa shape index (κ2) is 6.93. The lowest BCUT2D eigenvalue weighted by atomic mass is 10.2. The zero-order valence-electron chi connectivity index (χ0n) is 11.4. The van der Waals surface area contributed by atoms with Crippen LogP contribution in [-0.2, 0) is 6.18 Å². The monoisotopic (exact) mass is 367 g/mol. The molecule has 0 spiro atoms. The summed E-state index contributed by atoms with van der Waals surface area (Å²) in [6.45, 7) is 3.49. The zero-order chi connectivity index (χ0) is 15.5. The van der Waals surface area contributed by atoms with Crippen molar-refractivity contribution in [1.82, 2.24) is 9.88 Å². The van der Waals surface area contributed by atoms with Crippen LogP contribution in [0.3, 0.4) is 0 Å². The van der Waals surface area contributed by atoms with E-state index in [4.69, 9.17) is 5.11 Å². The smallest absolute Gasteiger partial charge is 0.395 e. The third kappa shape index (κ3) is 4.31. The maximum Gasteiger partial charge on any atom is 0.417 e. The number of nitrogens with zero attached hydrogens (tertiary/aromatic N) is 3. The molecule has 0 unspecified atom stereocenters. The van der Waals surface area contributed by atoms with E-state index in [1.54, 1.807) is 0 Å². The first kappa shape index (κ1) is 16.5. The minimum Gasteiger partial charge on any atom is -0.395 e. The molecule has 1 aliphatic heterocycles. The molecule has 21 heavy (non-hydrogen) atoms. The van der Waals surface area contributed by atoms with Crippen LogP contribution in [0.15, 0.2) is 16.7 Å². The molecule has 0 bridgehead atoms. The van der Waals surface area contributed by atoms with Gasteiger partial charge >= 0.3 is 6.18 Å². The minimum absolute atomic E-state index is 0.0459. The van der Waals surface area contributed by atoms with Crippen LogP contribution in [0.4, 0.5) is 19.0 Å². The molecule has 0 saturated carbocycles. The molecule has 0 amide bonds. The highest BCUT2D eigenvalue weighted by Crippen LogP contribution is 2.36. The van der Waals surface area contributed by atoms with Crippen LogP contribution in [0.5, 0.6) is 0 Å². The molecular formula is C13H17BrF3N3O. The fourth-order valence-electron chi connectivity index (χ4n) is 2.38. The van der Waals surface area contributed by atoms with Gasteiger partial charge in [0.2, 0.25) is 0 Å². The summed E-state index contributed by atoms with van der Waals surface area (Å²) in [5.41, 5.74) is -0.705. The Balaban J connectivity index is 2.15. The SMILES string of the molecule is OCCN1CCCN(c2cc(C(F)(F)F)c(Br)cn2)CC1. The van der Waals surface area contributed by atoms with Gasteiger partial charge in [0.15, 0.2) is 0 Å². The summed E-state index contributed by atoms with van der Waals surface area (Å²) >= 11 is 2.90. The van der Waals surface area contributed by atoms with Crippen molar-refractivity contribution in [1.29, 1.82) is 0 Å². The van der Waals surface area contributed by atoms with E-state index < -0.39 is 11.7 Å². The molecule has 1 aromatic heterocycles. The molecular weight excluding hydrogens is 351 g/mol. The average molecular weight is 368 g/mol. The Kier molecular flexibility index (Phi) is 5.45. The van der Waals surface area contributed by atoms with Gasteiger partial charge in [-0.1, -0.05) is 0 Å². The van der Waals surface area contributed by atoms with Crippen LogP contribution >= 0.6 is 15.9 Å². The standard InChI is InChI=1S/C13H17BrF3N3O/c14-11-9-18-12(8-10(11)13(15,16)17)20-3-1-2-19(4-5-20)6-7-21/h8-9,21H,1-7H2. The van der Waals surface area contributed by atoms with Crippen molar-refractivity contribution in [2.75, 3.05) is 44.2 Å². The molecule has 0 atom stereocenters. The molecule has 1 N–H and O–H groups in total. The van der Waals surface area contributed by atoms with E-state index in [1.807, 2.05) is 4.90 Å². The van der Waals surface area contributed by atoms with Crippen LogP contribution in [-0.4, -0.2) is 54.3 Å². The van der Waals surface area contributed by atoms with E-state index in [1.165, 1.54) is 6.20 Å². The van der Waals surface area contributed by atoms with E-state index in [-0.39, 0.29) is 11.1 Å². The summed E-state index contributed by atoms with van der Waals surface area (Å²) in [7, 11) is 0. The summed E-state index contributed by atoms with van der Waals surface area (Å²) in [4.78, 5) is 8.06. The molecule has 1 aliphatic rings. The van der Waals surface area contributed by atoms with Crippen molar-refractivity contribution in [2.24, 2.45) is 0 Å². The molecule has 0 aliphatic carbocycles. The third-order valence-electron chi connectivity index (χ3n) is 3.48. The van der Waals surface area contributed by atoms with Gasteiger partial charge in [0, 0.05) is 36.8 Å². The Labute approximate surface area is 129 Å². The van der Waals surface area contributed by atoms with E-state index in [2.05, 4.69) is 25.8 Å². The normalized spacial score (nSPS) is 17.9. The summed E-state index contributed by atoms with van der Waals surface area (Å²) in [5, 5.41) is 8.95. The maximum atomic E-state index is 12.9. The van der Waals surface area contributed by atoms with Crippen molar-refractivity contribution < 1.29 is 18.3 Å². The summed E-state index contributed by atoms with van der Waals surface area (Å²) in [6.07, 6.45) is -2.36. The van der Waals surface area contributed by atoms with Gasteiger partial charge in [-0.3, -0.25) is 4.90 Å². The summed E-state index contributed by atoms with van der Waals surface area (Å²) < 4.78 is 38.7. The Morgan fingerprint density at radius 3 is 2.67 bits per heavy atom. The van der Waals surface area contributed by atoms with Crippen LogP contribution < -0.4 is 4.90 Å². The number of aromatic nitrogens is 1. The fraction of sp³-hybridized carbons (Fsp3) is 0.615. The molecule has 8 heteroatoms. The van der Waals surface area contributed by atoms with Gasteiger partial charge in [-0.25, -0.2) is 4.98 Å². The Morgan fingerprint density at radius 1 is 1.24 bits per heavy atom. The van der Waals surface area contributed by atoms with E-state index in [0.29, 0.717) is 32.0 Å². The first-order valence-corrected chi connectivity index (χ1v) is 7.52. The Morgan fingerprint density at radius 2 is 2.00 bits per heavy atom. The molecule has 4 nitrogen and oxygen atoms in total. The molecule has 1 aromatic rings. The van der Waals surface area contributed by atoms with Gasteiger partial charge in [-0.2, -0.15) is 13.2 Å². The third-order valence-corrected chi connectivity index (χ3v) is 4.11. The summed E-state index contributed by atoms with van der Waals surface area (Å²) in [6, 6.07) is 1.09. The molecule has 1 fully saturated rings. The highest BCUT2D eigenvalue weighted by molar-refractivity contribution is 9.10. The first-order valence-electron chi connectivity index (χ1n) is 6.72. The average Bonchev–Trinajstić information content (AvgIpc) is 2.64. The van der Waals surface area contributed by atoms with Crippen molar-refractivity contribution in [2.45, 2.75) is 12.6 Å². The minimum atomic E-state index is -4.40. The zero-order valence-corrected chi connectivity index (χ0v) is 13.0. The van der Waals surface area contributed by atoms with Crippen LogP contribution in [0.2, 0.25) is 0 Å². The molecule has 2 heterocycles. The first-order chi connectivity index (χ1) is 9.91. The van der Waals surface area contributed by atoms with Crippen molar-refractivity contribution in [3.8, 4) is 0 Å². The quantitative estimate of drug-likeness (QED) is 0.890. The molecule has 118 valence electrons. The largest absolute Gasteiger partial charge is 0.417 e. The summed E-state index contributed by atoms with van der Waals surface area (Å²) in [5.74, 6) is 0.344. The van der Waals surface area contributed by atoms with Gasteiger partial charge in [0.1, 0.15) is 5.82 Å². The molecule has 2 rings (SSSR count). The lowest BCUT2D eigenvalue weighted by Gasteiger charge is -2.23. The molecule has 0 aromatic carbocycles. The number of alkyl halides is 3. The lowest BCUT2D eigenvalue weighted by Crippen LogP contribution is -2.32. The predicted octanol–water partition coefficient (Wildman–Crippen LogP) is 2.37. The Hall–Kier alpha value is -0.860. The molecule has 1 saturated heterocycles. The van der Waals surface area contributed by atoms with Gasteiger partial charge in [-0.05, 0) is 35.0 Å². The number of hydrogen-bond acceptors (Lipinski definition) is 4. The number of aliphatic hydroxyl groups excluding tert-OH is 1. The highest BCUT2D eigenvalue weighted by atomic mass is 79.9. The number of β-amino-alcohol motifs (C(OH)–C–C–N with tert-alkyl or cyclic N) is 1. The van der Waals surface area contributed by atoms with Crippen molar-refractivity contribution in [3.63, 3.8) is 0 Å². The fourth-order valence-corrected chi connectivity index (χ4v) is 2.82. The second-order valence-electron chi connectivity index (χ2n) is 4.93. The van der Waals surface area contributed by atoms with Crippen LogP contribution in [0.25, 0.3) is 0 Å². The van der Waals surface area contributed by atoms with Crippen molar-refractivity contribution >= 4 is 21.7 Å². The highest BCUT2D eigenvalue weighted by Gasteiger charge is 2.34. The van der Waals surface area contributed by atoms with E-state index >= 15 is 0 Å². The van der Waals surface area contributed by atoms with Gasteiger partial charge < -0.3 is 10.0 Å². The number of halogens is 4. The maximum absolute atomic E-state index is 12.9. The van der Waals surface area contributed by atoms with Gasteiger partial charge in [0.05, 0.1) is 12.2 Å². The van der Waals surface area contributed by atoms with Crippen molar-refractivity contribution in [3.05, 3.63) is 22.3 Å². The number of rotatable bonds is 3. The topological polar surface area (TPSA) is 39.6 Å². The number of aliphatic hydroxyl groups is 1. The number of anilines is 1. The van der Waals surface area contributed by atoms with Crippen LogP contribution in [0.1, 0.15) is 12.0 Å². The second-order valence-corrected chi connectivity index (χ2v) is 5.78. The number of pyridine rings is 1. The molecule has 0 radical (unpaired) electrons. The van der Waals surface area contributed by atoms with Gasteiger partial charge in [-0.15, -0.1) is 0 Å². The van der Waals surface area contributed by atoms with E-state index in [9.17, 15) is 13.2 Å². The predicted molar refractivity (Wildman–Crippen MR) is 77.3 cm³/mol. The van der Waals surface area contributed by atoms with Crippen LogP contribution in [0, 0.1) is 0 Å². The number of hydrogen-bond donors (Lipinski definition) is 1. The Bertz CT molecular complexity index is 484.